The molecular formula is C120H98N4O. The first kappa shape index (κ1) is 78.5. The van der Waals surface area contributed by atoms with E-state index in [0.717, 1.165) is 35.0 Å². The zero-order valence-corrected chi connectivity index (χ0v) is 70.9. The molecule has 0 bridgehead atoms. The summed E-state index contributed by atoms with van der Waals surface area (Å²) in [6.07, 6.45) is 7.45. The summed E-state index contributed by atoms with van der Waals surface area (Å²) in [6, 6.07) is 168. The molecule has 4 aliphatic heterocycles. The Morgan fingerprint density at radius 2 is 0.464 bits per heavy atom. The molecule has 1 spiro atoms. The molecule has 604 valence electrons. The molecule has 125 heavy (non-hydrogen) atoms. The van der Waals surface area contributed by atoms with Crippen LogP contribution in [0, 0.1) is 0 Å². The van der Waals surface area contributed by atoms with Crippen LogP contribution in [0.5, 0.6) is 11.5 Å². The van der Waals surface area contributed by atoms with Gasteiger partial charge in [-0.15, -0.1) is 0 Å². The number of hydrogen-bond donors (Lipinski definition) is 0. The zero-order valence-electron chi connectivity index (χ0n) is 70.9. The van der Waals surface area contributed by atoms with Crippen LogP contribution in [-0.2, 0) is 16.2 Å². The van der Waals surface area contributed by atoms with E-state index in [9.17, 15) is 0 Å². The molecule has 5 nitrogen and oxygen atoms in total. The fourth-order valence-corrected chi connectivity index (χ4v) is 20.1. The number of benzene rings is 18. The standard InChI is InChI=1S/C39H31N.C30H27N.C27H23N.C24H17NO/c1-2-39(33-18-10-5-11-19-33)35-20-12-13-21-37(35)40(34-25-22-31(23-26-34)29-14-6-3-7-15-29)38-27-24-32(28-36(38)39)30-16-8-4-9-17-30;1-3-11-23(12-4-1)24-17-19-25(20-18-24)31-28-15-7-5-13-26(28)30(21-9-2-10-22-30)27-14-6-8-16-29(27)31;1-27(2)23-12-6-8-14-25(23)28(26-15-9-7-13-24(26)27)22-18-16-21(17-19-22)20-10-4-3-5-11-20;1-2-8-18(9-3-1)19-14-16-20(17-15-19)25-21-10-4-6-12-23(21)26-24-13-7-5-11-22(24)25/h3-28H,2H2,1H3;1,3-8,11-20H,2,9-10,21-22H2;3-19H,1-2H3;1-17H. The van der Waals surface area contributed by atoms with Gasteiger partial charge in [0.2, 0.25) is 0 Å². The van der Waals surface area contributed by atoms with Crippen LogP contribution in [0.25, 0.3) is 55.6 Å². The van der Waals surface area contributed by atoms with Gasteiger partial charge < -0.3 is 24.3 Å². The van der Waals surface area contributed by atoms with E-state index in [1.165, 1.54) is 178 Å². The Morgan fingerprint density at radius 1 is 0.216 bits per heavy atom. The Labute approximate surface area is 736 Å². The minimum Gasteiger partial charge on any atom is -0.453 e. The van der Waals surface area contributed by atoms with Crippen molar-refractivity contribution < 1.29 is 4.74 Å². The average molecular weight is 1610 g/mol. The normalized spacial score (nSPS) is 14.9. The third kappa shape index (κ3) is 14.8. The highest BCUT2D eigenvalue weighted by molar-refractivity contribution is 5.93. The molecule has 0 N–H and O–H groups in total. The molecule has 5 heteroatoms. The lowest BCUT2D eigenvalue weighted by atomic mass is 9.63. The monoisotopic (exact) mass is 1610 g/mol. The van der Waals surface area contributed by atoms with E-state index in [1.807, 2.05) is 42.5 Å². The molecule has 0 amide bonds. The van der Waals surface area contributed by atoms with Crippen molar-refractivity contribution in [2.24, 2.45) is 0 Å². The van der Waals surface area contributed by atoms with Gasteiger partial charge in [0.25, 0.3) is 0 Å². The fourth-order valence-electron chi connectivity index (χ4n) is 20.1. The number of rotatable bonds is 11. The third-order valence-corrected chi connectivity index (χ3v) is 26.2. The first-order chi connectivity index (χ1) is 61.7. The van der Waals surface area contributed by atoms with E-state index >= 15 is 0 Å². The van der Waals surface area contributed by atoms with Gasteiger partial charge in [0.05, 0.1) is 45.5 Å². The van der Waals surface area contributed by atoms with Crippen LogP contribution < -0.4 is 24.3 Å². The second-order valence-electron chi connectivity index (χ2n) is 33.6. The molecule has 0 aromatic heterocycles. The van der Waals surface area contributed by atoms with Crippen LogP contribution in [0.15, 0.2) is 467 Å². The van der Waals surface area contributed by atoms with Gasteiger partial charge in [-0.3, -0.25) is 0 Å². The van der Waals surface area contributed by atoms with Crippen molar-refractivity contribution in [2.75, 3.05) is 19.6 Å². The second kappa shape index (κ2) is 34.5. The molecule has 1 saturated carbocycles. The summed E-state index contributed by atoms with van der Waals surface area (Å²) in [7, 11) is 0. The number of para-hydroxylation sites is 9. The predicted molar refractivity (Wildman–Crippen MR) is 524 cm³/mol. The fraction of sp³-hybridized carbons (Fsp3) is 0.100. The Morgan fingerprint density at radius 3 is 0.816 bits per heavy atom. The summed E-state index contributed by atoms with van der Waals surface area (Å²) < 4.78 is 6.08. The van der Waals surface area contributed by atoms with Crippen LogP contribution in [0.2, 0.25) is 0 Å². The molecule has 18 aromatic carbocycles. The summed E-state index contributed by atoms with van der Waals surface area (Å²) in [5.41, 5.74) is 36.5. The third-order valence-electron chi connectivity index (χ3n) is 26.2. The lowest BCUT2D eigenvalue weighted by molar-refractivity contribution is 0.344. The topological polar surface area (TPSA) is 22.2 Å². The first-order valence-corrected chi connectivity index (χ1v) is 44.1. The van der Waals surface area contributed by atoms with Crippen molar-refractivity contribution in [2.45, 2.75) is 75.5 Å². The van der Waals surface area contributed by atoms with Crippen LogP contribution in [0.1, 0.15) is 98.2 Å². The predicted octanol–water partition coefficient (Wildman–Crippen LogP) is 33.3. The van der Waals surface area contributed by atoms with Crippen molar-refractivity contribution in [1.29, 1.82) is 0 Å². The summed E-state index contributed by atoms with van der Waals surface area (Å²) in [5.74, 6) is 1.75. The van der Waals surface area contributed by atoms with E-state index in [0.29, 0.717) is 0 Å². The lowest BCUT2D eigenvalue weighted by Gasteiger charge is -2.47. The molecule has 1 atom stereocenters. The Kier molecular flexibility index (Phi) is 21.6. The summed E-state index contributed by atoms with van der Waals surface area (Å²) in [5, 5.41) is 0. The van der Waals surface area contributed by atoms with Gasteiger partial charge in [-0.1, -0.05) is 392 Å². The van der Waals surface area contributed by atoms with E-state index in [-0.39, 0.29) is 16.2 Å². The molecule has 1 fully saturated rings. The Bertz CT molecular complexity index is 6630. The van der Waals surface area contributed by atoms with Crippen molar-refractivity contribution in [3.8, 4) is 67.1 Å². The van der Waals surface area contributed by atoms with Crippen LogP contribution in [0.4, 0.5) is 68.2 Å². The molecule has 4 heterocycles. The number of ether oxygens (including phenoxy) is 1. The molecule has 18 aromatic rings. The zero-order chi connectivity index (χ0) is 84.1. The second-order valence-corrected chi connectivity index (χ2v) is 33.6. The summed E-state index contributed by atoms with van der Waals surface area (Å²) in [4.78, 5) is 9.57. The maximum atomic E-state index is 6.08. The minimum atomic E-state index is -0.265. The lowest BCUT2D eigenvalue weighted by Crippen LogP contribution is -2.37. The van der Waals surface area contributed by atoms with Gasteiger partial charge in [-0.05, 0) is 229 Å². The highest BCUT2D eigenvalue weighted by Crippen LogP contribution is 2.60. The molecular weight excluding hydrogens is 1510 g/mol. The summed E-state index contributed by atoms with van der Waals surface area (Å²) >= 11 is 0. The van der Waals surface area contributed by atoms with Crippen LogP contribution in [0.3, 0.4) is 0 Å². The van der Waals surface area contributed by atoms with Gasteiger partial charge >= 0.3 is 0 Å². The quantitative estimate of drug-likeness (QED) is 0.128. The molecule has 5 aliphatic rings. The Hall–Kier alpha value is -15.0. The summed E-state index contributed by atoms with van der Waals surface area (Å²) in [6.45, 7) is 6.97. The van der Waals surface area contributed by atoms with Crippen molar-refractivity contribution in [3.05, 3.63) is 506 Å². The van der Waals surface area contributed by atoms with Gasteiger partial charge in [0, 0.05) is 39.0 Å². The molecule has 0 saturated heterocycles. The maximum Gasteiger partial charge on any atom is 0.151 e. The van der Waals surface area contributed by atoms with E-state index in [4.69, 9.17) is 4.74 Å². The molecule has 1 unspecified atom stereocenters. The number of anilines is 12. The van der Waals surface area contributed by atoms with Gasteiger partial charge in [-0.2, -0.15) is 0 Å². The highest BCUT2D eigenvalue weighted by atomic mass is 16.5. The highest BCUT2D eigenvalue weighted by Gasteiger charge is 2.46. The SMILES string of the molecule is CC1(C)c2ccccc2N(c2ccc(-c3ccccc3)cc2)c2ccccc21.CCC1(c2ccccc2)c2ccccc2N(c2ccc(-c3ccccc3)cc2)c2ccc(-c3ccccc3)cc21.c1ccc(-c2ccc(N3c4ccccc4C4(CCCCC4)c4ccccc43)cc2)cc1.c1ccc(-c2ccc(N3c4ccccc4Oc4ccccc43)cc2)cc1. The number of hydrogen-bond acceptors (Lipinski definition) is 5. The van der Waals surface area contributed by atoms with E-state index in [1.54, 1.807) is 0 Å². The van der Waals surface area contributed by atoms with Crippen LogP contribution in [-0.4, -0.2) is 0 Å². The first-order valence-electron chi connectivity index (χ1n) is 44.1. The van der Waals surface area contributed by atoms with Crippen molar-refractivity contribution >= 4 is 68.2 Å². The van der Waals surface area contributed by atoms with Crippen molar-refractivity contribution in [3.63, 3.8) is 0 Å². The Balaban J connectivity index is 0.000000107. The molecule has 0 radical (unpaired) electrons. The van der Waals surface area contributed by atoms with E-state index < -0.39 is 0 Å². The van der Waals surface area contributed by atoms with E-state index in [2.05, 4.69) is 465 Å². The minimum absolute atomic E-state index is 0.0202. The van der Waals surface area contributed by atoms with Gasteiger partial charge in [0.1, 0.15) is 0 Å². The van der Waals surface area contributed by atoms with Gasteiger partial charge in [-0.25, -0.2) is 0 Å². The smallest absolute Gasteiger partial charge is 0.151 e. The van der Waals surface area contributed by atoms with Crippen LogP contribution >= 0.6 is 0 Å². The largest absolute Gasteiger partial charge is 0.453 e. The molecule has 1 aliphatic carbocycles. The maximum absolute atomic E-state index is 6.08. The average Bonchev–Trinajstić information content (AvgIpc) is 0.710. The number of nitrogens with zero attached hydrogens (tertiary/aromatic N) is 4. The van der Waals surface area contributed by atoms with Gasteiger partial charge in [0.15, 0.2) is 11.5 Å². The van der Waals surface area contributed by atoms with Crippen molar-refractivity contribution in [1.82, 2.24) is 0 Å². The molecule has 23 rings (SSSR count). The number of fused-ring (bicyclic) bond motifs is 10.